The maximum atomic E-state index is 9.79. The van der Waals surface area contributed by atoms with Crippen molar-refractivity contribution in [2.45, 2.75) is 19.3 Å². The molecular formula is C5H10O5. The standard InChI is InChI=1S/C5H8O4.H2O/c6-4(7)2-1-3-5(8)9;/h1-3H2,(H,6,7)(H,8,9);1H2. The van der Waals surface area contributed by atoms with Crippen LogP contribution in [0, 0.1) is 0 Å². The molecule has 0 aliphatic rings. The van der Waals surface area contributed by atoms with Gasteiger partial charge in [0.25, 0.3) is 0 Å². The van der Waals surface area contributed by atoms with Crippen LogP contribution in [-0.2, 0) is 9.59 Å². The molecule has 5 nitrogen and oxygen atoms in total. The average Bonchev–Trinajstić information content (AvgIpc) is 1.63. The average molecular weight is 150 g/mol. The molecule has 0 radical (unpaired) electrons. The monoisotopic (exact) mass is 150 g/mol. The Hall–Kier alpha value is -1.10. The van der Waals surface area contributed by atoms with Crippen LogP contribution in [0.3, 0.4) is 0 Å². The second-order valence-electron chi connectivity index (χ2n) is 1.64. The maximum absolute atomic E-state index is 9.79. The lowest BCUT2D eigenvalue weighted by Crippen LogP contribution is -1.98. The summed E-state index contributed by atoms with van der Waals surface area (Å²) in [6, 6.07) is 0. The van der Waals surface area contributed by atoms with Crippen LogP contribution in [0.4, 0.5) is 0 Å². The van der Waals surface area contributed by atoms with Crippen LogP contribution in [0.5, 0.6) is 0 Å². The molecule has 0 spiro atoms. The Labute approximate surface area is 57.6 Å². The van der Waals surface area contributed by atoms with Gasteiger partial charge < -0.3 is 15.7 Å². The summed E-state index contributed by atoms with van der Waals surface area (Å²) in [5.74, 6) is -1.90. The molecule has 0 aromatic carbocycles. The summed E-state index contributed by atoms with van der Waals surface area (Å²) in [6.45, 7) is 0. The highest BCUT2D eigenvalue weighted by Crippen LogP contribution is 1.93. The first-order valence-corrected chi connectivity index (χ1v) is 2.56. The number of rotatable bonds is 4. The Balaban J connectivity index is 0. The molecule has 0 aliphatic carbocycles. The summed E-state index contributed by atoms with van der Waals surface area (Å²) in [5.41, 5.74) is 0. The van der Waals surface area contributed by atoms with E-state index in [2.05, 4.69) is 0 Å². The topological polar surface area (TPSA) is 106 Å². The third-order valence-electron chi connectivity index (χ3n) is 0.781. The molecule has 4 N–H and O–H groups in total. The summed E-state index contributed by atoms with van der Waals surface area (Å²) >= 11 is 0. The van der Waals surface area contributed by atoms with E-state index < -0.39 is 11.9 Å². The highest BCUT2D eigenvalue weighted by atomic mass is 16.4. The van der Waals surface area contributed by atoms with E-state index in [1.807, 2.05) is 0 Å². The van der Waals surface area contributed by atoms with Gasteiger partial charge in [-0.2, -0.15) is 0 Å². The predicted molar refractivity (Wildman–Crippen MR) is 32.7 cm³/mol. The highest BCUT2D eigenvalue weighted by Gasteiger charge is 1.99. The summed E-state index contributed by atoms with van der Waals surface area (Å²) in [6.07, 6.45) is 0.0866. The molecule has 0 aromatic rings. The third-order valence-corrected chi connectivity index (χ3v) is 0.781. The second kappa shape index (κ2) is 6.03. The quantitative estimate of drug-likeness (QED) is 0.563. The van der Waals surface area contributed by atoms with Gasteiger partial charge in [-0.05, 0) is 6.42 Å². The number of hydrogen-bond acceptors (Lipinski definition) is 2. The molecule has 0 bridgehead atoms. The molecule has 0 rings (SSSR count). The number of carboxylic acids is 2. The van der Waals surface area contributed by atoms with Crippen molar-refractivity contribution in [3.63, 3.8) is 0 Å². The minimum absolute atomic E-state index is 0. The van der Waals surface area contributed by atoms with Crippen LogP contribution in [-0.4, -0.2) is 27.6 Å². The molecule has 0 saturated carbocycles. The first kappa shape index (κ1) is 11.7. The predicted octanol–water partition coefficient (Wildman–Crippen LogP) is -0.499. The van der Waals surface area contributed by atoms with E-state index in [4.69, 9.17) is 10.2 Å². The van der Waals surface area contributed by atoms with Gasteiger partial charge in [0.1, 0.15) is 0 Å². The minimum Gasteiger partial charge on any atom is -0.481 e. The van der Waals surface area contributed by atoms with Crippen molar-refractivity contribution in [1.29, 1.82) is 0 Å². The molecule has 60 valence electrons. The molecule has 0 unspecified atom stereocenters. The summed E-state index contributed by atoms with van der Waals surface area (Å²) in [4.78, 5) is 19.6. The van der Waals surface area contributed by atoms with Gasteiger partial charge in [-0.15, -0.1) is 0 Å². The van der Waals surface area contributed by atoms with Crippen LogP contribution in [0.2, 0.25) is 0 Å². The fraction of sp³-hybridized carbons (Fsp3) is 0.600. The zero-order valence-corrected chi connectivity index (χ0v) is 5.33. The van der Waals surface area contributed by atoms with Crippen molar-refractivity contribution < 1.29 is 25.3 Å². The SMILES string of the molecule is O.O=C(O)CCCC(=O)O. The molecule has 5 heteroatoms. The van der Waals surface area contributed by atoms with Crippen molar-refractivity contribution in [3.8, 4) is 0 Å². The van der Waals surface area contributed by atoms with Gasteiger partial charge in [0, 0.05) is 12.8 Å². The summed E-state index contributed by atoms with van der Waals surface area (Å²) in [5, 5.41) is 16.1. The van der Waals surface area contributed by atoms with Crippen molar-refractivity contribution in [1.82, 2.24) is 0 Å². The van der Waals surface area contributed by atoms with Crippen LogP contribution < -0.4 is 0 Å². The Morgan fingerprint density at radius 1 is 1.00 bits per heavy atom. The number of aliphatic carboxylic acids is 2. The van der Waals surface area contributed by atoms with Gasteiger partial charge in [-0.25, -0.2) is 0 Å². The van der Waals surface area contributed by atoms with E-state index in [0.29, 0.717) is 0 Å². The van der Waals surface area contributed by atoms with Crippen LogP contribution in [0.1, 0.15) is 19.3 Å². The van der Waals surface area contributed by atoms with Gasteiger partial charge >= 0.3 is 11.9 Å². The number of carbonyl (C=O) groups is 2. The van der Waals surface area contributed by atoms with E-state index in [9.17, 15) is 9.59 Å². The zero-order chi connectivity index (χ0) is 7.28. The first-order valence-electron chi connectivity index (χ1n) is 2.56. The Morgan fingerprint density at radius 2 is 1.30 bits per heavy atom. The van der Waals surface area contributed by atoms with Gasteiger partial charge in [-0.3, -0.25) is 9.59 Å². The van der Waals surface area contributed by atoms with Crippen LogP contribution >= 0.6 is 0 Å². The van der Waals surface area contributed by atoms with Crippen LogP contribution in [0.25, 0.3) is 0 Å². The van der Waals surface area contributed by atoms with Crippen molar-refractivity contribution >= 4 is 11.9 Å². The van der Waals surface area contributed by atoms with Crippen molar-refractivity contribution in [2.24, 2.45) is 0 Å². The van der Waals surface area contributed by atoms with E-state index in [0.717, 1.165) is 0 Å². The maximum Gasteiger partial charge on any atom is 0.303 e. The molecule has 0 amide bonds. The third kappa shape index (κ3) is 10.0. The van der Waals surface area contributed by atoms with Gasteiger partial charge in [-0.1, -0.05) is 0 Å². The zero-order valence-electron chi connectivity index (χ0n) is 5.33. The molecule has 0 fully saturated rings. The normalized spacial score (nSPS) is 8.00. The minimum atomic E-state index is -0.948. The lowest BCUT2D eigenvalue weighted by atomic mass is 10.2. The Bertz CT molecular complexity index is 105. The summed E-state index contributed by atoms with van der Waals surface area (Å²) < 4.78 is 0. The Kier molecular flexibility index (Phi) is 7.03. The molecular weight excluding hydrogens is 140 g/mol. The lowest BCUT2D eigenvalue weighted by molar-refractivity contribution is -0.138. The molecule has 0 heterocycles. The number of carboxylic acid groups (broad SMARTS) is 2. The number of hydrogen-bond donors (Lipinski definition) is 2. The smallest absolute Gasteiger partial charge is 0.303 e. The van der Waals surface area contributed by atoms with E-state index in [-0.39, 0.29) is 24.7 Å². The van der Waals surface area contributed by atoms with Gasteiger partial charge in [0.05, 0.1) is 0 Å². The molecule has 0 aliphatic heterocycles. The molecule has 0 saturated heterocycles. The highest BCUT2D eigenvalue weighted by molar-refractivity contribution is 5.69. The van der Waals surface area contributed by atoms with E-state index in [1.165, 1.54) is 0 Å². The molecule has 0 atom stereocenters. The lowest BCUT2D eigenvalue weighted by Gasteiger charge is -1.89. The fourth-order valence-corrected chi connectivity index (χ4v) is 0.391. The first-order chi connectivity index (χ1) is 4.13. The van der Waals surface area contributed by atoms with Crippen LogP contribution in [0.15, 0.2) is 0 Å². The van der Waals surface area contributed by atoms with Gasteiger partial charge in [0.2, 0.25) is 0 Å². The summed E-state index contributed by atoms with van der Waals surface area (Å²) in [7, 11) is 0. The second-order valence-corrected chi connectivity index (χ2v) is 1.64. The van der Waals surface area contributed by atoms with Gasteiger partial charge in [0.15, 0.2) is 0 Å². The fourth-order valence-electron chi connectivity index (χ4n) is 0.391. The molecule has 10 heavy (non-hydrogen) atoms. The largest absolute Gasteiger partial charge is 0.481 e. The van der Waals surface area contributed by atoms with Crippen molar-refractivity contribution in [2.75, 3.05) is 0 Å². The van der Waals surface area contributed by atoms with E-state index in [1.54, 1.807) is 0 Å². The Morgan fingerprint density at radius 3 is 1.50 bits per heavy atom. The molecule has 0 aromatic heterocycles. The van der Waals surface area contributed by atoms with E-state index >= 15 is 0 Å². The van der Waals surface area contributed by atoms with Crippen molar-refractivity contribution in [3.05, 3.63) is 0 Å².